The number of carbonyl (C=O) groups is 1. The number of anilines is 1. The summed E-state index contributed by atoms with van der Waals surface area (Å²) in [5.41, 5.74) is 1.90. The van der Waals surface area contributed by atoms with Gasteiger partial charge in [0.15, 0.2) is 12.4 Å². The maximum absolute atomic E-state index is 12.7. The van der Waals surface area contributed by atoms with Crippen molar-refractivity contribution in [3.05, 3.63) is 53.6 Å². The van der Waals surface area contributed by atoms with Gasteiger partial charge in [-0.15, -0.1) is 0 Å². The molecule has 2 aliphatic heterocycles. The normalized spacial score (nSPS) is 17.1. The largest absolute Gasteiger partial charge is 0.485 e. The van der Waals surface area contributed by atoms with Crippen LogP contribution in [0.3, 0.4) is 0 Å². The highest BCUT2D eigenvalue weighted by Gasteiger charge is 2.29. The molecule has 2 aromatic carbocycles. The van der Waals surface area contributed by atoms with Crippen LogP contribution in [0.25, 0.3) is 0 Å². The first-order valence-corrected chi connectivity index (χ1v) is 14.2. The molecule has 4 rings (SSSR count). The number of Topliss-reactive ketones (excluding diaryl/α,β-unsaturated/α-hetero) is 1. The molecule has 2 aliphatic rings. The van der Waals surface area contributed by atoms with Crippen molar-refractivity contribution in [2.24, 2.45) is 0 Å². The number of hydrogen-bond donors (Lipinski definition) is 0. The van der Waals surface area contributed by atoms with Crippen LogP contribution in [0.1, 0.15) is 42.1 Å². The lowest BCUT2D eigenvalue weighted by atomic mass is 10.1. The van der Waals surface area contributed by atoms with Crippen LogP contribution in [0.5, 0.6) is 5.75 Å². The van der Waals surface area contributed by atoms with Crippen molar-refractivity contribution in [2.75, 3.05) is 36.3 Å². The molecule has 0 unspecified atom stereocenters. The first-order valence-electron chi connectivity index (χ1n) is 11.1. The van der Waals surface area contributed by atoms with Crippen molar-refractivity contribution >= 4 is 31.5 Å². The summed E-state index contributed by atoms with van der Waals surface area (Å²) in [6.45, 7) is 2.87. The summed E-state index contributed by atoms with van der Waals surface area (Å²) in [4.78, 5) is 12.8. The SMILES string of the molecule is CCS(=O)(=O)N1CCc2cc(C(=O)COc3ccc(S(=O)(=O)N4CCCCC4)cc3)ccc21. The molecule has 0 amide bonds. The quantitative estimate of drug-likeness (QED) is 0.525. The van der Waals surface area contributed by atoms with Gasteiger partial charge in [-0.25, -0.2) is 16.8 Å². The van der Waals surface area contributed by atoms with Gasteiger partial charge in [-0.1, -0.05) is 6.42 Å². The minimum atomic E-state index is -3.51. The lowest BCUT2D eigenvalue weighted by Crippen LogP contribution is -2.35. The molecular weight excluding hydrogens is 464 g/mol. The van der Waals surface area contributed by atoms with Gasteiger partial charge >= 0.3 is 0 Å². The molecule has 10 heteroatoms. The zero-order valence-electron chi connectivity index (χ0n) is 18.6. The van der Waals surface area contributed by atoms with E-state index in [-0.39, 0.29) is 23.0 Å². The van der Waals surface area contributed by atoms with Crippen LogP contribution in [0.4, 0.5) is 5.69 Å². The number of nitrogens with zero attached hydrogens (tertiary/aromatic N) is 2. The summed E-state index contributed by atoms with van der Waals surface area (Å²) < 4.78 is 58.4. The Morgan fingerprint density at radius 3 is 2.30 bits per heavy atom. The van der Waals surface area contributed by atoms with E-state index in [4.69, 9.17) is 4.74 Å². The van der Waals surface area contributed by atoms with Gasteiger partial charge in [0.2, 0.25) is 20.0 Å². The number of ether oxygens (including phenoxy) is 1. The standard InChI is InChI=1S/C23H28N2O6S2/c1-2-32(27,28)25-15-12-18-16-19(6-11-22(18)25)23(26)17-31-20-7-9-21(10-8-20)33(29,30)24-13-4-3-5-14-24/h6-11,16H,2-5,12-15,17H2,1H3. The molecule has 8 nitrogen and oxygen atoms in total. The fraction of sp³-hybridized carbons (Fsp3) is 0.435. The number of piperidine rings is 1. The second-order valence-electron chi connectivity index (χ2n) is 8.21. The van der Waals surface area contributed by atoms with Crippen molar-refractivity contribution < 1.29 is 26.4 Å². The third kappa shape index (κ3) is 4.92. The molecule has 178 valence electrons. The number of hydrogen-bond acceptors (Lipinski definition) is 6. The van der Waals surface area contributed by atoms with Crippen molar-refractivity contribution in [1.82, 2.24) is 4.31 Å². The first kappa shape index (κ1) is 23.7. The fourth-order valence-electron chi connectivity index (χ4n) is 4.18. The molecule has 0 aromatic heterocycles. The molecule has 0 N–H and O–H groups in total. The van der Waals surface area contributed by atoms with Gasteiger partial charge in [0.1, 0.15) is 5.75 Å². The Kier molecular flexibility index (Phi) is 6.78. The average molecular weight is 493 g/mol. The van der Waals surface area contributed by atoms with Crippen LogP contribution in [0, 0.1) is 0 Å². The molecule has 2 aromatic rings. The summed E-state index contributed by atoms with van der Waals surface area (Å²) in [7, 11) is -6.85. The molecule has 2 heterocycles. The second kappa shape index (κ2) is 9.44. The predicted octanol–water partition coefficient (Wildman–Crippen LogP) is 2.84. The molecule has 1 saturated heterocycles. The van der Waals surface area contributed by atoms with Gasteiger partial charge in [-0.3, -0.25) is 9.10 Å². The third-order valence-electron chi connectivity index (χ3n) is 6.10. The predicted molar refractivity (Wildman–Crippen MR) is 126 cm³/mol. The number of benzene rings is 2. The molecule has 33 heavy (non-hydrogen) atoms. The van der Waals surface area contributed by atoms with Crippen LogP contribution in [0.2, 0.25) is 0 Å². The van der Waals surface area contributed by atoms with Crippen LogP contribution in [-0.2, 0) is 26.5 Å². The first-order chi connectivity index (χ1) is 15.7. The Balaban J connectivity index is 1.39. The maximum Gasteiger partial charge on any atom is 0.243 e. The van der Waals surface area contributed by atoms with Crippen LogP contribution < -0.4 is 9.04 Å². The van der Waals surface area contributed by atoms with E-state index in [9.17, 15) is 21.6 Å². The van der Waals surface area contributed by atoms with Gasteiger partial charge in [-0.05, 0) is 74.2 Å². The minimum absolute atomic E-state index is 0.0269. The van der Waals surface area contributed by atoms with Crippen molar-refractivity contribution in [2.45, 2.75) is 37.5 Å². The molecular formula is C23H28N2O6S2. The molecule has 0 radical (unpaired) electrons. The third-order valence-corrected chi connectivity index (χ3v) is 9.79. The fourth-order valence-corrected chi connectivity index (χ4v) is 6.86. The number of ketones is 1. The van der Waals surface area contributed by atoms with Gasteiger partial charge < -0.3 is 4.74 Å². The van der Waals surface area contributed by atoms with E-state index >= 15 is 0 Å². The molecule has 0 saturated carbocycles. The van der Waals surface area contributed by atoms with E-state index in [1.54, 1.807) is 37.3 Å². The molecule has 0 bridgehead atoms. The van der Waals surface area contributed by atoms with E-state index in [0.29, 0.717) is 43.1 Å². The molecule has 1 fully saturated rings. The Labute approximate surface area is 195 Å². The Morgan fingerprint density at radius 2 is 1.64 bits per heavy atom. The second-order valence-corrected chi connectivity index (χ2v) is 12.3. The lowest BCUT2D eigenvalue weighted by Gasteiger charge is -2.25. The Bertz CT molecular complexity index is 1230. The number of fused-ring (bicyclic) bond motifs is 1. The highest BCUT2D eigenvalue weighted by molar-refractivity contribution is 7.92. The van der Waals surface area contributed by atoms with Crippen molar-refractivity contribution in [3.63, 3.8) is 0 Å². The smallest absolute Gasteiger partial charge is 0.243 e. The summed E-state index contributed by atoms with van der Waals surface area (Å²) >= 11 is 0. The summed E-state index contributed by atoms with van der Waals surface area (Å²) in [6, 6.07) is 11.1. The summed E-state index contributed by atoms with van der Waals surface area (Å²) in [5.74, 6) is 0.195. The van der Waals surface area contributed by atoms with Gasteiger partial charge in [0, 0.05) is 25.2 Å². The van der Waals surface area contributed by atoms with E-state index in [1.165, 1.54) is 20.7 Å². The van der Waals surface area contributed by atoms with E-state index in [2.05, 4.69) is 0 Å². The number of carbonyl (C=O) groups excluding carboxylic acids is 1. The van der Waals surface area contributed by atoms with Crippen molar-refractivity contribution in [1.29, 1.82) is 0 Å². The highest BCUT2D eigenvalue weighted by Crippen LogP contribution is 2.31. The van der Waals surface area contributed by atoms with Crippen LogP contribution >= 0.6 is 0 Å². The summed E-state index contributed by atoms with van der Waals surface area (Å²) in [6.07, 6.45) is 3.35. The lowest BCUT2D eigenvalue weighted by molar-refractivity contribution is 0.0921. The zero-order chi connectivity index (χ0) is 23.6. The zero-order valence-corrected chi connectivity index (χ0v) is 20.2. The summed E-state index contributed by atoms with van der Waals surface area (Å²) in [5, 5.41) is 0. The molecule has 0 atom stereocenters. The average Bonchev–Trinajstić information content (AvgIpc) is 3.27. The molecule has 0 aliphatic carbocycles. The molecule has 0 spiro atoms. The topological polar surface area (TPSA) is 101 Å². The van der Waals surface area contributed by atoms with E-state index in [0.717, 1.165) is 24.8 Å². The van der Waals surface area contributed by atoms with Crippen molar-refractivity contribution in [3.8, 4) is 5.75 Å². The Morgan fingerprint density at radius 1 is 0.939 bits per heavy atom. The van der Waals surface area contributed by atoms with Crippen LogP contribution in [-0.4, -0.2) is 58.9 Å². The van der Waals surface area contributed by atoms with Gasteiger partial charge in [-0.2, -0.15) is 4.31 Å². The maximum atomic E-state index is 12.7. The minimum Gasteiger partial charge on any atom is -0.485 e. The number of rotatable bonds is 8. The van der Waals surface area contributed by atoms with E-state index in [1.807, 2.05) is 0 Å². The Hall–Kier alpha value is -2.43. The number of sulfonamides is 2. The van der Waals surface area contributed by atoms with Gasteiger partial charge in [0.25, 0.3) is 0 Å². The van der Waals surface area contributed by atoms with Crippen LogP contribution in [0.15, 0.2) is 47.4 Å². The monoisotopic (exact) mass is 492 g/mol. The highest BCUT2D eigenvalue weighted by atomic mass is 32.2. The van der Waals surface area contributed by atoms with E-state index < -0.39 is 20.0 Å². The van der Waals surface area contributed by atoms with Gasteiger partial charge in [0.05, 0.1) is 16.3 Å².